The fraction of sp³-hybridized carbons (Fsp3) is 0.0526. The molecule has 0 aliphatic heterocycles. The molecule has 26 heavy (non-hydrogen) atoms. The van der Waals surface area contributed by atoms with Gasteiger partial charge in [0.2, 0.25) is 0 Å². The summed E-state index contributed by atoms with van der Waals surface area (Å²) in [5.74, 6) is -2.56. The van der Waals surface area contributed by atoms with Crippen LogP contribution in [-0.4, -0.2) is 8.42 Å². The summed E-state index contributed by atoms with van der Waals surface area (Å²) in [6, 6.07) is 15.8. The van der Waals surface area contributed by atoms with Gasteiger partial charge in [0.25, 0.3) is 10.0 Å². The van der Waals surface area contributed by atoms with Crippen LogP contribution in [0.25, 0.3) is 0 Å². The number of hydrogen-bond donors (Lipinski definition) is 0. The summed E-state index contributed by atoms with van der Waals surface area (Å²) in [6.07, 6.45) is 0. The Morgan fingerprint density at radius 1 is 0.769 bits per heavy atom. The number of sulfonamides is 1. The van der Waals surface area contributed by atoms with Gasteiger partial charge in [0.1, 0.15) is 22.3 Å². The number of hydrogen-bond acceptors (Lipinski definition) is 2. The molecule has 134 valence electrons. The van der Waals surface area contributed by atoms with Gasteiger partial charge in [-0.05, 0) is 30.3 Å². The first-order valence-corrected chi connectivity index (χ1v) is 9.10. The molecule has 0 bridgehead atoms. The fourth-order valence-electron chi connectivity index (χ4n) is 2.49. The van der Waals surface area contributed by atoms with Gasteiger partial charge in [-0.3, -0.25) is 4.31 Å². The smallest absolute Gasteiger partial charge is 0.262 e. The lowest BCUT2D eigenvalue weighted by Gasteiger charge is -2.25. The summed E-state index contributed by atoms with van der Waals surface area (Å²) < 4.78 is 68.2. The van der Waals surface area contributed by atoms with E-state index < -0.39 is 38.9 Å². The summed E-state index contributed by atoms with van der Waals surface area (Å²) in [5, 5.41) is 0. The quantitative estimate of drug-likeness (QED) is 0.657. The Kier molecular flexibility index (Phi) is 4.99. The molecule has 0 saturated heterocycles. The van der Waals surface area contributed by atoms with E-state index in [9.17, 15) is 21.6 Å². The summed E-state index contributed by atoms with van der Waals surface area (Å²) in [7, 11) is -4.31. The Morgan fingerprint density at radius 2 is 1.42 bits per heavy atom. The van der Waals surface area contributed by atoms with Gasteiger partial charge >= 0.3 is 0 Å². The Labute approximate surface area is 149 Å². The first kappa shape index (κ1) is 18.0. The number of benzene rings is 3. The second-order valence-corrected chi connectivity index (χ2v) is 7.34. The molecule has 0 heterocycles. The third-order valence-electron chi connectivity index (χ3n) is 3.78. The molecule has 3 aromatic rings. The summed E-state index contributed by atoms with van der Waals surface area (Å²) >= 11 is 0. The SMILES string of the molecule is O=S(=O)(c1ccccc1F)N(Cc1ccc(F)cc1F)c1ccccc1. The number of para-hydroxylation sites is 1. The first-order valence-electron chi connectivity index (χ1n) is 7.66. The predicted octanol–water partition coefficient (Wildman–Crippen LogP) is 4.50. The molecular weight excluding hydrogens is 363 g/mol. The van der Waals surface area contributed by atoms with Gasteiger partial charge in [-0.2, -0.15) is 0 Å². The topological polar surface area (TPSA) is 37.4 Å². The Bertz CT molecular complexity index is 1020. The monoisotopic (exact) mass is 377 g/mol. The average molecular weight is 377 g/mol. The van der Waals surface area contributed by atoms with Gasteiger partial charge < -0.3 is 0 Å². The van der Waals surface area contributed by atoms with Gasteiger partial charge in [0, 0.05) is 11.6 Å². The van der Waals surface area contributed by atoms with E-state index in [1.807, 2.05) is 0 Å². The van der Waals surface area contributed by atoms with Crippen molar-refractivity contribution in [3.8, 4) is 0 Å². The molecular formula is C19H14F3NO2S. The van der Waals surface area contributed by atoms with E-state index in [2.05, 4.69) is 0 Å². The minimum absolute atomic E-state index is 0.0323. The van der Waals surface area contributed by atoms with Crippen molar-refractivity contribution in [2.75, 3.05) is 4.31 Å². The van der Waals surface area contributed by atoms with Crippen molar-refractivity contribution >= 4 is 15.7 Å². The van der Waals surface area contributed by atoms with Gasteiger partial charge in [-0.15, -0.1) is 0 Å². The molecule has 0 aliphatic rings. The van der Waals surface area contributed by atoms with Crippen LogP contribution in [0, 0.1) is 17.5 Å². The Balaban J connectivity index is 2.11. The van der Waals surface area contributed by atoms with Gasteiger partial charge in [0.15, 0.2) is 0 Å². The molecule has 0 aliphatic carbocycles. The second-order valence-electron chi connectivity index (χ2n) is 5.51. The van der Waals surface area contributed by atoms with Crippen molar-refractivity contribution in [3.05, 3.63) is 95.8 Å². The molecule has 0 unspecified atom stereocenters. The summed E-state index contributed by atoms with van der Waals surface area (Å²) in [5.41, 5.74) is 0.203. The van der Waals surface area contributed by atoms with E-state index in [-0.39, 0.29) is 11.3 Å². The van der Waals surface area contributed by atoms with Crippen molar-refractivity contribution in [3.63, 3.8) is 0 Å². The first-order chi connectivity index (χ1) is 12.4. The highest BCUT2D eigenvalue weighted by atomic mass is 32.2. The molecule has 7 heteroatoms. The average Bonchev–Trinajstić information content (AvgIpc) is 2.62. The largest absolute Gasteiger partial charge is 0.267 e. The van der Waals surface area contributed by atoms with Crippen molar-refractivity contribution in [1.82, 2.24) is 0 Å². The fourth-order valence-corrected chi connectivity index (χ4v) is 4.00. The van der Waals surface area contributed by atoms with Gasteiger partial charge in [0.05, 0.1) is 12.2 Å². The van der Waals surface area contributed by atoms with E-state index in [1.165, 1.54) is 24.3 Å². The van der Waals surface area contributed by atoms with E-state index in [1.54, 1.807) is 18.2 Å². The minimum atomic E-state index is -4.31. The zero-order valence-corrected chi connectivity index (χ0v) is 14.3. The lowest BCUT2D eigenvalue weighted by Crippen LogP contribution is -2.31. The summed E-state index contributed by atoms with van der Waals surface area (Å²) in [4.78, 5) is -0.522. The highest BCUT2D eigenvalue weighted by Crippen LogP contribution is 2.28. The zero-order valence-electron chi connectivity index (χ0n) is 13.4. The highest BCUT2D eigenvalue weighted by molar-refractivity contribution is 7.92. The van der Waals surface area contributed by atoms with Crippen LogP contribution in [0.2, 0.25) is 0 Å². The molecule has 0 radical (unpaired) electrons. The van der Waals surface area contributed by atoms with E-state index in [0.717, 1.165) is 28.6 Å². The highest BCUT2D eigenvalue weighted by Gasteiger charge is 2.28. The Morgan fingerprint density at radius 3 is 2.08 bits per heavy atom. The number of anilines is 1. The summed E-state index contributed by atoms with van der Waals surface area (Å²) in [6.45, 7) is -0.410. The second kappa shape index (κ2) is 7.21. The number of rotatable bonds is 5. The van der Waals surface area contributed by atoms with E-state index >= 15 is 0 Å². The number of halogens is 3. The Hall–Kier alpha value is -2.80. The van der Waals surface area contributed by atoms with E-state index in [0.29, 0.717) is 6.07 Å². The maximum Gasteiger partial charge on any atom is 0.267 e. The lowest BCUT2D eigenvalue weighted by atomic mass is 10.2. The molecule has 0 amide bonds. The van der Waals surface area contributed by atoms with Crippen molar-refractivity contribution in [2.24, 2.45) is 0 Å². The van der Waals surface area contributed by atoms with Crippen LogP contribution < -0.4 is 4.31 Å². The third kappa shape index (κ3) is 3.57. The maximum atomic E-state index is 14.1. The lowest BCUT2D eigenvalue weighted by molar-refractivity contribution is 0.559. The van der Waals surface area contributed by atoms with Crippen LogP contribution in [-0.2, 0) is 16.6 Å². The van der Waals surface area contributed by atoms with Crippen LogP contribution in [0.3, 0.4) is 0 Å². The van der Waals surface area contributed by atoms with Crippen LogP contribution in [0.5, 0.6) is 0 Å². The van der Waals surface area contributed by atoms with Crippen LogP contribution in [0.15, 0.2) is 77.7 Å². The third-order valence-corrected chi connectivity index (χ3v) is 5.59. The molecule has 0 saturated carbocycles. The van der Waals surface area contributed by atoms with Crippen LogP contribution in [0.4, 0.5) is 18.9 Å². The predicted molar refractivity (Wildman–Crippen MR) is 92.6 cm³/mol. The molecule has 0 atom stereocenters. The van der Waals surface area contributed by atoms with E-state index in [4.69, 9.17) is 0 Å². The van der Waals surface area contributed by atoms with Gasteiger partial charge in [-0.1, -0.05) is 36.4 Å². The zero-order chi connectivity index (χ0) is 18.7. The standard InChI is InChI=1S/C19H14F3NO2S/c20-15-11-10-14(18(22)12-15)13-23(16-6-2-1-3-7-16)26(24,25)19-9-5-4-8-17(19)21/h1-12H,13H2. The molecule has 0 aromatic heterocycles. The molecule has 3 nitrogen and oxygen atoms in total. The van der Waals surface area contributed by atoms with Crippen LogP contribution >= 0.6 is 0 Å². The molecule has 0 fully saturated rings. The molecule has 3 aromatic carbocycles. The van der Waals surface area contributed by atoms with Gasteiger partial charge in [-0.25, -0.2) is 21.6 Å². The van der Waals surface area contributed by atoms with Crippen molar-refractivity contribution < 1.29 is 21.6 Å². The van der Waals surface area contributed by atoms with Crippen molar-refractivity contribution in [2.45, 2.75) is 11.4 Å². The maximum absolute atomic E-state index is 14.1. The molecule has 3 rings (SSSR count). The normalized spacial score (nSPS) is 11.3. The van der Waals surface area contributed by atoms with Crippen LogP contribution in [0.1, 0.15) is 5.56 Å². The minimum Gasteiger partial charge on any atom is -0.262 e. The molecule has 0 spiro atoms. The van der Waals surface area contributed by atoms with Crippen molar-refractivity contribution in [1.29, 1.82) is 0 Å². The number of nitrogens with zero attached hydrogens (tertiary/aromatic N) is 1. The molecule has 0 N–H and O–H groups in total.